The fourth-order valence-electron chi connectivity index (χ4n) is 4.06. The second-order valence-electron chi connectivity index (χ2n) is 10.5. The van der Waals surface area contributed by atoms with E-state index in [-0.39, 0.29) is 16.4 Å². The topological polar surface area (TPSA) is 79.5 Å². The van der Waals surface area contributed by atoms with Crippen LogP contribution in [0.5, 0.6) is 5.75 Å². The van der Waals surface area contributed by atoms with Gasteiger partial charge in [0.1, 0.15) is 5.75 Å². The molecular weight excluding hydrogens is 598 g/mol. The molecule has 0 aliphatic rings. The van der Waals surface area contributed by atoms with E-state index in [1.54, 1.807) is 36.4 Å². The standard InChI is InChI=1S/C33H32BrN3O3S/c1-33(2,3)24-14-12-23(13-15-24)30(38)35-26-10-7-11-27(21-26)36-32(41)37-31(39)28-20-25(34)16-17-29(28)40-19-18-22-8-5-4-6-9-22/h4-17,20-21H,18-19H2,1-3H3,(H,35,38)(H2,36,37,39,41). The Morgan fingerprint density at radius 3 is 2.17 bits per heavy atom. The molecule has 4 aromatic rings. The van der Waals surface area contributed by atoms with Gasteiger partial charge < -0.3 is 15.4 Å². The van der Waals surface area contributed by atoms with Crippen molar-refractivity contribution in [3.8, 4) is 5.75 Å². The van der Waals surface area contributed by atoms with Gasteiger partial charge in [-0.1, -0.05) is 85.2 Å². The van der Waals surface area contributed by atoms with Crippen molar-refractivity contribution >= 4 is 56.4 Å². The van der Waals surface area contributed by atoms with Crippen LogP contribution in [-0.2, 0) is 11.8 Å². The molecule has 0 atom stereocenters. The van der Waals surface area contributed by atoms with Gasteiger partial charge in [-0.25, -0.2) is 0 Å². The number of hydrogen-bond acceptors (Lipinski definition) is 4. The largest absolute Gasteiger partial charge is 0.492 e. The molecule has 0 aliphatic carbocycles. The van der Waals surface area contributed by atoms with Gasteiger partial charge in [0.05, 0.1) is 12.2 Å². The summed E-state index contributed by atoms with van der Waals surface area (Å²) in [5.41, 5.74) is 4.45. The van der Waals surface area contributed by atoms with Crippen molar-refractivity contribution in [3.63, 3.8) is 0 Å². The van der Waals surface area contributed by atoms with E-state index in [0.717, 1.165) is 15.6 Å². The summed E-state index contributed by atoms with van der Waals surface area (Å²) < 4.78 is 6.69. The molecule has 0 unspecified atom stereocenters. The lowest BCUT2D eigenvalue weighted by Gasteiger charge is -2.19. The van der Waals surface area contributed by atoms with Crippen LogP contribution in [-0.4, -0.2) is 23.5 Å². The molecule has 0 saturated carbocycles. The van der Waals surface area contributed by atoms with Crippen LogP contribution >= 0.6 is 28.1 Å². The number of carbonyl (C=O) groups excluding carboxylic acids is 2. The van der Waals surface area contributed by atoms with E-state index < -0.39 is 5.91 Å². The van der Waals surface area contributed by atoms with E-state index in [0.29, 0.717) is 41.3 Å². The SMILES string of the molecule is CC(C)(C)c1ccc(C(=O)Nc2cccc(NC(=S)NC(=O)c3cc(Br)ccc3OCCc3ccccc3)c2)cc1. The smallest absolute Gasteiger partial charge is 0.261 e. The Hall–Kier alpha value is -4.01. The van der Waals surface area contributed by atoms with Gasteiger partial charge in [0.15, 0.2) is 5.11 Å². The van der Waals surface area contributed by atoms with E-state index in [1.165, 1.54) is 0 Å². The number of rotatable bonds is 8. The van der Waals surface area contributed by atoms with Crippen molar-refractivity contribution in [2.75, 3.05) is 17.2 Å². The van der Waals surface area contributed by atoms with Gasteiger partial charge in [0, 0.05) is 27.8 Å². The summed E-state index contributed by atoms with van der Waals surface area (Å²) in [6.07, 6.45) is 0.715. The van der Waals surface area contributed by atoms with E-state index >= 15 is 0 Å². The van der Waals surface area contributed by atoms with Gasteiger partial charge in [0.25, 0.3) is 11.8 Å². The number of benzene rings is 4. The average Bonchev–Trinajstić information content (AvgIpc) is 2.94. The Labute approximate surface area is 254 Å². The summed E-state index contributed by atoms with van der Waals surface area (Å²) in [7, 11) is 0. The quantitative estimate of drug-likeness (QED) is 0.174. The van der Waals surface area contributed by atoms with Crippen LogP contribution in [0.25, 0.3) is 0 Å². The molecule has 4 aromatic carbocycles. The number of nitrogens with one attached hydrogen (secondary N) is 3. The monoisotopic (exact) mass is 629 g/mol. The van der Waals surface area contributed by atoms with E-state index in [2.05, 4.69) is 52.7 Å². The van der Waals surface area contributed by atoms with Gasteiger partial charge in [-0.05, 0) is 77.3 Å². The van der Waals surface area contributed by atoms with Crippen molar-refractivity contribution in [2.24, 2.45) is 0 Å². The zero-order valence-corrected chi connectivity index (χ0v) is 25.6. The highest BCUT2D eigenvalue weighted by Crippen LogP contribution is 2.25. The third-order valence-corrected chi connectivity index (χ3v) is 6.99. The molecule has 0 heterocycles. The molecule has 0 radical (unpaired) electrons. The van der Waals surface area contributed by atoms with Crippen molar-refractivity contribution in [1.29, 1.82) is 0 Å². The maximum atomic E-state index is 13.1. The first kappa shape index (κ1) is 30.0. The molecular formula is C33H32BrN3O3S. The van der Waals surface area contributed by atoms with Crippen LogP contribution in [0.1, 0.15) is 52.6 Å². The summed E-state index contributed by atoms with van der Waals surface area (Å²) in [4.78, 5) is 25.9. The molecule has 0 saturated heterocycles. The summed E-state index contributed by atoms with van der Waals surface area (Å²) in [6, 6.07) is 30.0. The molecule has 4 rings (SSSR count). The fourth-order valence-corrected chi connectivity index (χ4v) is 4.63. The summed E-state index contributed by atoms with van der Waals surface area (Å²) in [6.45, 7) is 6.82. The number of carbonyl (C=O) groups is 2. The van der Waals surface area contributed by atoms with E-state index in [1.807, 2.05) is 60.7 Å². The van der Waals surface area contributed by atoms with Gasteiger partial charge in [0.2, 0.25) is 0 Å². The Balaban J connectivity index is 1.35. The Bertz CT molecular complexity index is 1530. The van der Waals surface area contributed by atoms with Gasteiger partial charge in [-0.15, -0.1) is 0 Å². The predicted octanol–water partition coefficient (Wildman–Crippen LogP) is 7.75. The third-order valence-electron chi connectivity index (χ3n) is 6.30. The molecule has 210 valence electrons. The molecule has 41 heavy (non-hydrogen) atoms. The first-order valence-corrected chi connectivity index (χ1v) is 14.4. The number of ether oxygens (including phenoxy) is 1. The number of anilines is 2. The van der Waals surface area contributed by atoms with Crippen LogP contribution in [0.2, 0.25) is 0 Å². The Morgan fingerprint density at radius 2 is 1.49 bits per heavy atom. The number of halogens is 1. The molecule has 3 N–H and O–H groups in total. The summed E-state index contributed by atoms with van der Waals surface area (Å²) >= 11 is 8.83. The minimum atomic E-state index is -0.401. The first-order valence-electron chi connectivity index (χ1n) is 13.2. The highest BCUT2D eigenvalue weighted by atomic mass is 79.9. The molecule has 0 aliphatic heterocycles. The van der Waals surface area contributed by atoms with Crippen LogP contribution in [0.15, 0.2) is 102 Å². The third kappa shape index (κ3) is 8.74. The minimum absolute atomic E-state index is 0.0107. The lowest BCUT2D eigenvalue weighted by Crippen LogP contribution is -2.34. The lowest BCUT2D eigenvalue weighted by molar-refractivity contribution is 0.0972. The van der Waals surface area contributed by atoms with Crippen LogP contribution in [0.3, 0.4) is 0 Å². The van der Waals surface area contributed by atoms with Gasteiger partial charge >= 0.3 is 0 Å². The molecule has 6 nitrogen and oxygen atoms in total. The fraction of sp³-hybridized carbons (Fsp3) is 0.182. The van der Waals surface area contributed by atoms with Crippen LogP contribution in [0, 0.1) is 0 Å². The maximum Gasteiger partial charge on any atom is 0.261 e. The Kier molecular flexibility index (Phi) is 9.91. The summed E-state index contributed by atoms with van der Waals surface area (Å²) in [5, 5.41) is 8.76. The van der Waals surface area contributed by atoms with Crippen LogP contribution < -0.4 is 20.7 Å². The van der Waals surface area contributed by atoms with E-state index in [9.17, 15) is 9.59 Å². The zero-order valence-electron chi connectivity index (χ0n) is 23.2. The average molecular weight is 631 g/mol. The van der Waals surface area contributed by atoms with Crippen molar-refractivity contribution in [3.05, 3.63) is 124 Å². The zero-order chi connectivity index (χ0) is 29.4. The molecule has 0 aromatic heterocycles. The second kappa shape index (κ2) is 13.6. The lowest BCUT2D eigenvalue weighted by atomic mass is 9.87. The Morgan fingerprint density at radius 1 is 0.805 bits per heavy atom. The van der Waals surface area contributed by atoms with Crippen LogP contribution in [0.4, 0.5) is 11.4 Å². The second-order valence-corrected chi connectivity index (χ2v) is 11.8. The van der Waals surface area contributed by atoms with E-state index in [4.69, 9.17) is 17.0 Å². The maximum absolute atomic E-state index is 13.1. The van der Waals surface area contributed by atoms with Gasteiger partial charge in [-0.3, -0.25) is 14.9 Å². The van der Waals surface area contributed by atoms with Gasteiger partial charge in [-0.2, -0.15) is 0 Å². The molecule has 0 spiro atoms. The van der Waals surface area contributed by atoms with Crippen molar-refractivity contribution in [2.45, 2.75) is 32.6 Å². The normalized spacial score (nSPS) is 10.9. The molecule has 2 amide bonds. The number of thiocarbonyl (C=S) groups is 1. The number of amides is 2. The number of hydrogen-bond donors (Lipinski definition) is 3. The van der Waals surface area contributed by atoms with Crippen molar-refractivity contribution in [1.82, 2.24) is 5.32 Å². The molecule has 8 heteroatoms. The van der Waals surface area contributed by atoms with Crippen molar-refractivity contribution < 1.29 is 14.3 Å². The minimum Gasteiger partial charge on any atom is -0.492 e. The summed E-state index contributed by atoms with van der Waals surface area (Å²) in [5.74, 6) is -0.153. The highest BCUT2D eigenvalue weighted by molar-refractivity contribution is 9.10. The predicted molar refractivity (Wildman–Crippen MR) is 173 cm³/mol. The highest BCUT2D eigenvalue weighted by Gasteiger charge is 2.16. The molecule has 0 bridgehead atoms. The first-order chi connectivity index (χ1) is 19.6. The molecule has 0 fully saturated rings.